The molecule has 0 spiro atoms. The van der Waals surface area contributed by atoms with Gasteiger partial charge in [-0.05, 0) is 25.2 Å². The van der Waals surface area contributed by atoms with Crippen LogP contribution >= 0.6 is 0 Å². The van der Waals surface area contributed by atoms with Gasteiger partial charge in [0.2, 0.25) is 0 Å². The third kappa shape index (κ3) is 1.74. The smallest absolute Gasteiger partial charge is 0.186 e. The molecule has 2 heteroatoms. The Morgan fingerprint density at radius 3 is 2.64 bits per heavy atom. The second-order valence-corrected chi connectivity index (χ2v) is 2.20. The summed E-state index contributed by atoms with van der Waals surface area (Å²) in [4.78, 5) is 21.7. The van der Waals surface area contributed by atoms with Gasteiger partial charge in [-0.1, -0.05) is 12.2 Å². The zero-order valence-electron chi connectivity index (χ0n) is 6.20. The van der Waals surface area contributed by atoms with E-state index in [1.165, 1.54) is 18.2 Å². The molecule has 1 aliphatic carbocycles. The average Bonchev–Trinajstić information content (AvgIpc) is 1.98. The van der Waals surface area contributed by atoms with Crippen LogP contribution in [0.1, 0.15) is 6.92 Å². The Bertz CT molecular complexity index is 280. The largest absolute Gasteiger partial charge is 0.290 e. The van der Waals surface area contributed by atoms with Crippen LogP contribution in [0.15, 0.2) is 36.0 Å². The third-order valence-electron chi connectivity index (χ3n) is 1.33. The van der Waals surface area contributed by atoms with Gasteiger partial charge in [-0.15, -0.1) is 0 Å². The lowest BCUT2D eigenvalue weighted by molar-refractivity contribution is -0.114. The molecular weight excluding hydrogens is 140 g/mol. The first-order chi connectivity index (χ1) is 5.24. The van der Waals surface area contributed by atoms with Gasteiger partial charge >= 0.3 is 0 Å². The first-order valence-electron chi connectivity index (χ1n) is 3.35. The molecule has 0 bridgehead atoms. The van der Waals surface area contributed by atoms with E-state index in [0.29, 0.717) is 5.57 Å². The summed E-state index contributed by atoms with van der Waals surface area (Å²) in [6.07, 6.45) is 7.26. The van der Waals surface area contributed by atoms with Gasteiger partial charge in [0.1, 0.15) is 0 Å². The minimum Gasteiger partial charge on any atom is -0.290 e. The maximum Gasteiger partial charge on any atom is 0.186 e. The zero-order chi connectivity index (χ0) is 8.27. The SMILES string of the molecule is C/C=C/C1=CC(=O)C=CC1=O. The topological polar surface area (TPSA) is 34.1 Å². The molecule has 0 radical (unpaired) electrons. The Morgan fingerprint density at radius 1 is 1.27 bits per heavy atom. The van der Waals surface area contributed by atoms with Gasteiger partial charge in [0.15, 0.2) is 11.6 Å². The minimum atomic E-state index is -0.127. The van der Waals surface area contributed by atoms with Crippen LogP contribution < -0.4 is 0 Å². The molecule has 0 unspecified atom stereocenters. The number of hydrogen-bond donors (Lipinski definition) is 0. The first-order valence-corrected chi connectivity index (χ1v) is 3.35. The molecule has 0 aromatic heterocycles. The van der Waals surface area contributed by atoms with Crippen LogP contribution in [0.4, 0.5) is 0 Å². The first kappa shape index (κ1) is 7.66. The second-order valence-electron chi connectivity index (χ2n) is 2.20. The highest BCUT2D eigenvalue weighted by molar-refractivity contribution is 6.18. The summed E-state index contributed by atoms with van der Waals surface area (Å²) in [7, 11) is 0. The highest BCUT2D eigenvalue weighted by atomic mass is 16.1. The molecule has 0 heterocycles. The maximum absolute atomic E-state index is 11.0. The van der Waals surface area contributed by atoms with Gasteiger partial charge in [-0.2, -0.15) is 0 Å². The Hall–Kier alpha value is -1.44. The summed E-state index contributed by atoms with van der Waals surface area (Å²) in [5.41, 5.74) is 0.458. The van der Waals surface area contributed by atoms with Crippen molar-refractivity contribution in [2.45, 2.75) is 6.92 Å². The van der Waals surface area contributed by atoms with Crippen LogP contribution in [0, 0.1) is 0 Å². The van der Waals surface area contributed by atoms with Gasteiger partial charge in [0.25, 0.3) is 0 Å². The Balaban J connectivity index is 2.93. The summed E-state index contributed by atoms with van der Waals surface area (Å²) in [6.45, 7) is 1.80. The van der Waals surface area contributed by atoms with E-state index in [1.54, 1.807) is 19.1 Å². The molecule has 0 aliphatic heterocycles. The molecule has 56 valence electrons. The van der Waals surface area contributed by atoms with Crippen LogP contribution in [0.2, 0.25) is 0 Å². The van der Waals surface area contributed by atoms with Crippen molar-refractivity contribution in [2.24, 2.45) is 0 Å². The Kier molecular flexibility index (Phi) is 2.16. The molecule has 1 aliphatic rings. The summed E-state index contributed by atoms with van der Waals surface area (Å²) >= 11 is 0. The summed E-state index contributed by atoms with van der Waals surface area (Å²) in [5.74, 6) is -0.236. The number of carbonyl (C=O) groups excluding carboxylic acids is 2. The fraction of sp³-hybridized carbons (Fsp3) is 0.111. The van der Waals surface area contributed by atoms with Crippen LogP contribution in [0.25, 0.3) is 0 Å². The van der Waals surface area contributed by atoms with Crippen molar-refractivity contribution >= 4 is 11.6 Å². The van der Waals surface area contributed by atoms with Crippen molar-refractivity contribution in [3.63, 3.8) is 0 Å². The number of rotatable bonds is 1. The molecule has 0 atom stereocenters. The van der Waals surface area contributed by atoms with Crippen LogP contribution in [0.3, 0.4) is 0 Å². The number of hydrogen-bond acceptors (Lipinski definition) is 2. The molecule has 2 nitrogen and oxygen atoms in total. The molecular formula is C9H8O2. The lowest BCUT2D eigenvalue weighted by Gasteiger charge is -1.99. The highest BCUT2D eigenvalue weighted by Crippen LogP contribution is 2.05. The van der Waals surface area contributed by atoms with E-state index >= 15 is 0 Å². The third-order valence-corrected chi connectivity index (χ3v) is 1.33. The van der Waals surface area contributed by atoms with Crippen molar-refractivity contribution in [1.82, 2.24) is 0 Å². The molecule has 0 aromatic rings. The maximum atomic E-state index is 11.0. The van der Waals surface area contributed by atoms with Crippen molar-refractivity contribution in [3.8, 4) is 0 Å². The van der Waals surface area contributed by atoms with Crippen LogP contribution in [-0.4, -0.2) is 11.6 Å². The van der Waals surface area contributed by atoms with E-state index in [9.17, 15) is 9.59 Å². The van der Waals surface area contributed by atoms with E-state index in [0.717, 1.165) is 0 Å². The molecule has 11 heavy (non-hydrogen) atoms. The van der Waals surface area contributed by atoms with Crippen molar-refractivity contribution in [1.29, 1.82) is 0 Å². The quantitative estimate of drug-likeness (QED) is 0.523. The molecule has 0 N–H and O–H groups in total. The monoisotopic (exact) mass is 148 g/mol. The number of ketones is 2. The van der Waals surface area contributed by atoms with Crippen molar-refractivity contribution in [3.05, 3.63) is 36.0 Å². The fourth-order valence-electron chi connectivity index (χ4n) is 0.836. The highest BCUT2D eigenvalue weighted by Gasteiger charge is 2.08. The van der Waals surface area contributed by atoms with E-state index in [1.807, 2.05) is 0 Å². The average molecular weight is 148 g/mol. The van der Waals surface area contributed by atoms with Crippen molar-refractivity contribution in [2.75, 3.05) is 0 Å². The van der Waals surface area contributed by atoms with E-state index in [-0.39, 0.29) is 11.6 Å². The van der Waals surface area contributed by atoms with Crippen molar-refractivity contribution < 1.29 is 9.59 Å². The lowest BCUT2D eigenvalue weighted by atomic mass is 10.0. The van der Waals surface area contributed by atoms with Gasteiger partial charge in [0.05, 0.1) is 0 Å². The van der Waals surface area contributed by atoms with Gasteiger partial charge in [-0.25, -0.2) is 0 Å². The lowest BCUT2D eigenvalue weighted by Crippen LogP contribution is -2.05. The molecule has 0 saturated heterocycles. The zero-order valence-corrected chi connectivity index (χ0v) is 6.20. The van der Waals surface area contributed by atoms with Gasteiger partial charge in [0, 0.05) is 5.57 Å². The molecule has 0 fully saturated rings. The van der Waals surface area contributed by atoms with Gasteiger partial charge in [-0.3, -0.25) is 9.59 Å². The summed E-state index contributed by atoms with van der Waals surface area (Å²) in [5, 5.41) is 0. The summed E-state index contributed by atoms with van der Waals surface area (Å²) in [6, 6.07) is 0. The van der Waals surface area contributed by atoms with E-state index in [4.69, 9.17) is 0 Å². The summed E-state index contributed by atoms with van der Waals surface area (Å²) < 4.78 is 0. The Labute approximate surface area is 64.9 Å². The second kappa shape index (κ2) is 3.10. The predicted octanol–water partition coefficient (Wildman–Crippen LogP) is 1.20. The minimum absolute atomic E-state index is 0.109. The van der Waals surface area contributed by atoms with Gasteiger partial charge < -0.3 is 0 Å². The molecule has 0 amide bonds. The van der Waals surface area contributed by atoms with Crippen LogP contribution in [0.5, 0.6) is 0 Å². The van der Waals surface area contributed by atoms with E-state index < -0.39 is 0 Å². The number of allylic oxidation sites excluding steroid dienone is 6. The molecule has 0 aromatic carbocycles. The van der Waals surface area contributed by atoms with Crippen LogP contribution in [-0.2, 0) is 9.59 Å². The van der Waals surface area contributed by atoms with E-state index in [2.05, 4.69) is 0 Å². The predicted molar refractivity (Wildman–Crippen MR) is 42.1 cm³/mol. The molecule has 0 saturated carbocycles. The Morgan fingerprint density at radius 2 is 2.00 bits per heavy atom. The normalized spacial score (nSPS) is 17.7. The standard InChI is InChI=1S/C9H8O2/c1-2-3-7-6-8(10)4-5-9(7)11/h2-6H,1H3/b3-2+. The fourth-order valence-corrected chi connectivity index (χ4v) is 0.836. The number of carbonyl (C=O) groups is 2. The molecule has 1 rings (SSSR count).